The summed E-state index contributed by atoms with van der Waals surface area (Å²) in [5, 5.41) is 9.81. The normalized spacial score (nSPS) is 11.0. The van der Waals surface area contributed by atoms with E-state index in [1.54, 1.807) is 31.0 Å². The second-order valence-corrected chi connectivity index (χ2v) is 5.18. The van der Waals surface area contributed by atoms with Crippen molar-refractivity contribution in [2.24, 2.45) is 0 Å². The van der Waals surface area contributed by atoms with Crippen LogP contribution in [0, 0.1) is 0 Å². The van der Waals surface area contributed by atoms with Gasteiger partial charge >= 0.3 is 0 Å². The van der Waals surface area contributed by atoms with Crippen LogP contribution in [0.5, 0.6) is 0 Å². The quantitative estimate of drug-likeness (QED) is 0.556. The van der Waals surface area contributed by atoms with Crippen LogP contribution in [-0.4, -0.2) is 29.2 Å². The van der Waals surface area contributed by atoms with Gasteiger partial charge in [0.2, 0.25) is 0 Å². The maximum absolute atomic E-state index is 5.59. The zero-order valence-electron chi connectivity index (χ0n) is 10.7. The van der Waals surface area contributed by atoms with Gasteiger partial charge in [-0.1, -0.05) is 0 Å². The molecule has 0 spiro atoms. The Morgan fingerprint density at radius 2 is 2.10 bits per heavy atom. The highest BCUT2D eigenvalue weighted by atomic mass is 32.1. The molecular weight excluding hydrogens is 288 g/mol. The maximum atomic E-state index is 5.59. The Hall–Kier alpha value is -2.94. The first-order valence-corrected chi connectivity index (χ1v) is 6.98. The van der Waals surface area contributed by atoms with E-state index < -0.39 is 0 Å². The van der Waals surface area contributed by atoms with Crippen molar-refractivity contribution in [3.05, 3.63) is 42.6 Å². The third-order valence-electron chi connectivity index (χ3n) is 2.98. The molecule has 9 heteroatoms. The Kier molecular flexibility index (Phi) is 2.57. The van der Waals surface area contributed by atoms with Crippen LogP contribution in [0.1, 0.15) is 0 Å². The lowest BCUT2D eigenvalue weighted by Crippen LogP contribution is -2.07. The van der Waals surface area contributed by atoms with Gasteiger partial charge in [-0.05, 0) is 0 Å². The molecule has 4 aromatic rings. The zero-order valence-corrected chi connectivity index (χ0v) is 11.5. The minimum Gasteiger partial charge on any atom is -0.323 e. The number of fused-ring (bicyclic) bond motifs is 1. The fraction of sp³-hybridized carbons (Fsp3) is 0. The molecule has 0 bridgehead atoms. The van der Waals surface area contributed by atoms with Crippen LogP contribution >= 0.6 is 11.3 Å². The van der Waals surface area contributed by atoms with Gasteiger partial charge in [-0.15, -0.1) is 11.3 Å². The summed E-state index contributed by atoms with van der Waals surface area (Å²) in [5.41, 5.74) is 2.50. The molecule has 21 heavy (non-hydrogen) atoms. The van der Waals surface area contributed by atoms with Crippen molar-refractivity contribution in [3.8, 4) is 11.3 Å². The highest BCUT2D eigenvalue weighted by Crippen LogP contribution is 2.25. The van der Waals surface area contributed by atoms with Crippen LogP contribution < -0.4 is 11.2 Å². The van der Waals surface area contributed by atoms with E-state index in [0.717, 1.165) is 16.4 Å². The molecule has 0 unspecified atom stereocenters. The first-order valence-electron chi connectivity index (χ1n) is 6.10. The molecule has 4 aromatic heterocycles. The summed E-state index contributed by atoms with van der Waals surface area (Å²) in [6, 6.07) is 0. The molecule has 0 aliphatic heterocycles. The molecular formula is C12H10N8S. The number of nitrogens with two attached hydrogens (primary N) is 1. The molecule has 0 radical (unpaired) electrons. The molecule has 4 heterocycles. The summed E-state index contributed by atoms with van der Waals surface area (Å²) in [5.74, 6) is 6.25. The molecule has 8 nitrogen and oxygen atoms in total. The van der Waals surface area contributed by atoms with E-state index in [-0.39, 0.29) is 0 Å². The van der Waals surface area contributed by atoms with Gasteiger partial charge in [0, 0.05) is 29.5 Å². The van der Waals surface area contributed by atoms with Crippen molar-refractivity contribution in [1.29, 1.82) is 0 Å². The second-order valence-electron chi connectivity index (χ2n) is 4.28. The molecule has 104 valence electrons. The molecule has 0 atom stereocenters. The lowest BCUT2D eigenvalue weighted by atomic mass is 10.3. The van der Waals surface area contributed by atoms with Gasteiger partial charge in [-0.2, -0.15) is 9.89 Å². The number of nitrogens with one attached hydrogen (secondary N) is 1. The molecule has 0 aromatic carbocycles. The Morgan fingerprint density at radius 3 is 2.86 bits per heavy atom. The minimum atomic E-state index is 0.652. The predicted molar refractivity (Wildman–Crippen MR) is 79.8 cm³/mol. The molecule has 4 rings (SSSR count). The first-order chi connectivity index (χ1) is 10.3. The summed E-state index contributed by atoms with van der Waals surface area (Å²) < 4.78 is 1.93. The Labute approximate surface area is 122 Å². The van der Waals surface area contributed by atoms with Gasteiger partial charge in [-0.25, -0.2) is 15.0 Å². The number of thiazole rings is 1. The van der Waals surface area contributed by atoms with Gasteiger partial charge in [0.25, 0.3) is 0 Å². The molecule has 0 fully saturated rings. The van der Waals surface area contributed by atoms with Gasteiger partial charge in [0.1, 0.15) is 0 Å². The number of aromatic nitrogens is 6. The summed E-state index contributed by atoms with van der Waals surface area (Å²) in [6.45, 7) is 0. The number of anilines is 2. The van der Waals surface area contributed by atoms with Crippen molar-refractivity contribution in [3.63, 3.8) is 0 Å². The van der Waals surface area contributed by atoms with E-state index in [0.29, 0.717) is 11.5 Å². The number of nitrogen functional groups attached to an aromatic ring is 1. The summed E-state index contributed by atoms with van der Waals surface area (Å²) in [4.78, 5) is 14.2. The van der Waals surface area contributed by atoms with Gasteiger partial charge < -0.3 is 11.2 Å². The SMILES string of the molecule is Nn1cc(-c2cnc3c(Nc4nccs4)nccn23)cn1. The lowest BCUT2D eigenvalue weighted by Gasteiger charge is -2.04. The largest absolute Gasteiger partial charge is 0.323 e. The number of rotatable bonds is 3. The van der Waals surface area contributed by atoms with E-state index in [9.17, 15) is 0 Å². The fourth-order valence-electron chi connectivity index (χ4n) is 2.08. The van der Waals surface area contributed by atoms with Crippen molar-refractivity contribution < 1.29 is 0 Å². The van der Waals surface area contributed by atoms with Crippen LogP contribution in [0.4, 0.5) is 10.9 Å². The third-order valence-corrected chi connectivity index (χ3v) is 3.67. The fourth-order valence-corrected chi connectivity index (χ4v) is 2.61. The molecule has 3 N–H and O–H groups in total. The highest BCUT2D eigenvalue weighted by Gasteiger charge is 2.12. The Bertz CT molecular complexity index is 891. The van der Waals surface area contributed by atoms with Gasteiger partial charge in [0.15, 0.2) is 16.6 Å². The average Bonchev–Trinajstić information content (AvgIpc) is 3.18. The monoisotopic (exact) mass is 298 g/mol. The van der Waals surface area contributed by atoms with Gasteiger partial charge in [-0.3, -0.25) is 4.40 Å². The number of nitrogens with zero attached hydrogens (tertiary/aromatic N) is 6. The number of hydrogen-bond donors (Lipinski definition) is 2. The smallest absolute Gasteiger partial charge is 0.188 e. The van der Waals surface area contributed by atoms with E-state index in [1.165, 1.54) is 16.1 Å². The Morgan fingerprint density at radius 1 is 1.14 bits per heavy atom. The number of hydrogen-bond acceptors (Lipinski definition) is 7. The predicted octanol–water partition coefficient (Wildman–Crippen LogP) is 1.51. The first kappa shape index (κ1) is 11.9. The maximum Gasteiger partial charge on any atom is 0.188 e. The molecule has 0 aliphatic carbocycles. The molecule has 0 saturated heterocycles. The second kappa shape index (κ2) is 4.56. The number of imidazole rings is 1. The summed E-state index contributed by atoms with van der Waals surface area (Å²) >= 11 is 1.50. The standard InChI is InChI=1S/C12H10N8S/c13-20-7-8(5-17-20)9-6-16-11-10(14-1-3-19(9)11)18-12-15-2-4-21-12/h1-7H,13H2,(H,14,15,18). The van der Waals surface area contributed by atoms with Crippen LogP contribution in [-0.2, 0) is 0 Å². The van der Waals surface area contributed by atoms with Crippen molar-refractivity contribution in [2.45, 2.75) is 0 Å². The Balaban J connectivity index is 1.82. The zero-order chi connectivity index (χ0) is 14.2. The molecule has 0 aliphatic rings. The minimum absolute atomic E-state index is 0.652. The molecule has 0 saturated carbocycles. The van der Waals surface area contributed by atoms with Crippen LogP contribution in [0.15, 0.2) is 42.6 Å². The van der Waals surface area contributed by atoms with Crippen LogP contribution in [0.25, 0.3) is 16.9 Å². The van der Waals surface area contributed by atoms with Crippen molar-refractivity contribution in [2.75, 3.05) is 11.2 Å². The van der Waals surface area contributed by atoms with Crippen molar-refractivity contribution in [1.82, 2.24) is 29.2 Å². The van der Waals surface area contributed by atoms with E-state index in [4.69, 9.17) is 5.84 Å². The average molecular weight is 298 g/mol. The summed E-state index contributed by atoms with van der Waals surface area (Å²) in [7, 11) is 0. The highest BCUT2D eigenvalue weighted by molar-refractivity contribution is 7.13. The summed E-state index contributed by atoms with van der Waals surface area (Å²) in [6.07, 6.45) is 10.5. The lowest BCUT2D eigenvalue weighted by molar-refractivity contribution is 0.832. The molecule has 0 amide bonds. The van der Waals surface area contributed by atoms with E-state index in [1.807, 2.05) is 16.0 Å². The topological polar surface area (TPSA) is 99.0 Å². The van der Waals surface area contributed by atoms with E-state index in [2.05, 4.69) is 25.4 Å². The van der Waals surface area contributed by atoms with Crippen molar-refractivity contribution >= 4 is 27.9 Å². The van der Waals surface area contributed by atoms with Crippen LogP contribution in [0.2, 0.25) is 0 Å². The third kappa shape index (κ3) is 1.99. The van der Waals surface area contributed by atoms with Crippen LogP contribution in [0.3, 0.4) is 0 Å². The van der Waals surface area contributed by atoms with Gasteiger partial charge in [0.05, 0.1) is 24.3 Å². The van der Waals surface area contributed by atoms with E-state index >= 15 is 0 Å².